The number of benzene rings is 1. The zero-order valence-electron chi connectivity index (χ0n) is 20.1. The fourth-order valence-electron chi connectivity index (χ4n) is 5.06. The van der Waals surface area contributed by atoms with Gasteiger partial charge in [0.1, 0.15) is 12.2 Å². The van der Waals surface area contributed by atoms with Crippen LogP contribution in [0.15, 0.2) is 46.8 Å². The minimum atomic E-state index is -2.16. The summed E-state index contributed by atoms with van der Waals surface area (Å²) in [5, 5.41) is 26.0. The molecule has 2 fully saturated rings. The van der Waals surface area contributed by atoms with Crippen LogP contribution < -0.4 is 5.32 Å². The van der Waals surface area contributed by atoms with Gasteiger partial charge in [0.05, 0.1) is 30.8 Å². The molecular formula is C24H26N2O10. The van der Waals surface area contributed by atoms with E-state index in [1.54, 1.807) is 19.9 Å². The molecule has 1 unspecified atom stereocenters. The predicted octanol–water partition coefficient (Wildman–Crippen LogP) is 1.03. The van der Waals surface area contributed by atoms with Crippen LogP contribution in [0.25, 0.3) is 0 Å². The van der Waals surface area contributed by atoms with E-state index in [4.69, 9.17) is 18.9 Å². The van der Waals surface area contributed by atoms with Crippen molar-refractivity contribution in [3.8, 4) is 0 Å². The van der Waals surface area contributed by atoms with E-state index in [0.29, 0.717) is 11.4 Å². The predicted molar refractivity (Wildman–Crippen MR) is 121 cm³/mol. The maximum Gasteiger partial charge on any atom is 0.336 e. The summed E-state index contributed by atoms with van der Waals surface area (Å²) in [6.45, 7) is 3.95. The molecule has 0 aliphatic carbocycles. The molecule has 3 aliphatic heterocycles. The van der Waals surface area contributed by atoms with Crippen LogP contribution >= 0.6 is 0 Å². The van der Waals surface area contributed by atoms with Gasteiger partial charge in [-0.05, 0) is 19.4 Å². The third-order valence-electron chi connectivity index (χ3n) is 6.61. The number of methoxy groups -OCH3 is 1. The second-order valence-electron chi connectivity index (χ2n) is 8.91. The topological polar surface area (TPSA) is 164 Å². The van der Waals surface area contributed by atoms with Gasteiger partial charge in [-0.3, -0.25) is 19.7 Å². The normalized spacial score (nSPS) is 29.5. The standard InChI is InChI=1S/C24H26N2O10/c1-11-17(21(28)24(30)10-35-20-16(36-13(3)27)9-34-22(20)24)19(18(12(2)25-11)23(29)33-4)14-6-5-7-15(8-14)26(31)32/h5-8,16,19-20,22,25,30H,9-10H2,1-4H3/t16-,19?,20-,22+,24-/m1/s1. The van der Waals surface area contributed by atoms with Gasteiger partial charge in [-0.15, -0.1) is 0 Å². The Hall–Kier alpha value is -3.61. The lowest BCUT2D eigenvalue weighted by Gasteiger charge is -2.34. The van der Waals surface area contributed by atoms with Gasteiger partial charge in [0.25, 0.3) is 5.69 Å². The first-order valence-corrected chi connectivity index (χ1v) is 11.2. The molecule has 0 bridgehead atoms. The highest BCUT2D eigenvalue weighted by atomic mass is 16.6. The molecule has 1 aromatic rings. The highest BCUT2D eigenvalue weighted by Crippen LogP contribution is 2.44. The number of fused-ring (bicyclic) bond motifs is 1. The lowest BCUT2D eigenvalue weighted by atomic mass is 9.74. The van der Waals surface area contributed by atoms with Crippen molar-refractivity contribution >= 4 is 23.4 Å². The third-order valence-corrected chi connectivity index (χ3v) is 6.61. The number of hydrogen-bond donors (Lipinski definition) is 2. The van der Waals surface area contributed by atoms with Gasteiger partial charge < -0.3 is 29.4 Å². The Morgan fingerprint density at radius 2 is 1.89 bits per heavy atom. The van der Waals surface area contributed by atoms with Gasteiger partial charge in [0.15, 0.2) is 17.5 Å². The SMILES string of the molecule is COC(=O)C1=C(C)NC(C)=C(C(=O)[C@]2(O)CO[C@@H]3[C@H](OC(C)=O)CO[C@@H]32)C1c1cccc([N+](=O)[O-])c1. The third kappa shape index (κ3) is 4.16. The Bertz CT molecular complexity index is 1210. The maximum atomic E-state index is 14.0. The summed E-state index contributed by atoms with van der Waals surface area (Å²) in [5.74, 6) is -3.17. The first-order valence-electron chi connectivity index (χ1n) is 11.2. The van der Waals surface area contributed by atoms with Crippen molar-refractivity contribution in [1.82, 2.24) is 5.32 Å². The number of dihydropyridines is 1. The lowest BCUT2D eigenvalue weighted by molar-refractivity contribution is -0.384. The number of nitrogens with one attached hydrogen (secondary N) is 1. The first kappa shape index (κ1) is 25.5. The number of carbonyl (C=O) groups is 3. The average Bonchev–Trinajstić information content (AvgIpc) is 3.39. The molecule has 3 aliphatic rings. The molecule has 0 amide bonds. The van der Waals surface area contributed by atoms with E-state index in [1.807, 2.05) is 0 Å². The Balaban J connectivity index is 1.80. The molecule has 1 aromatic carbocycles. The van der Waals surface area contributed by atoms with E-state index in [9.17, 15) is 29.6 Å². The summed E-state index contributed by atoms with van der Waals surface area (Å²) in [6.07, 6.45) is -2.79. The van der Waals surface area contributed by atoms with E-state index in [1.165, 1.54) is 32.2 Å². The van der Waals surface area contributed by atoms with Crippen molar-refractivity contribution in [2.75, 3.05) is 20.3 Å². The van der Waals surface area contributed by atoms with Crippen LogP contribution in [0.1, 0.15) is 32.3 Å². The van der Waals surface area contributed by atoms with E-state index in [-0.39, 0.29) is 29.0 Å². The fraction of sp³-hybridized carbons (Fsp3) is 0.458. The molecule has 36 heavy (non-hydrogen) atoms. The number of rotatable bonds is 6. The number of aliphatic hydroxyl groups is 1. The van der Waals surface area contributed by atoms with Crippen LogP contribution in [0.3, 0.4) is 0 Å². The zero-order chi connectivity index (χ0) is 26.4. The van der Waals surface area contributed by atoms with Crippen molar-refractivity contribution in [2.45, 2.75) is 50.6 Å². The Kier molecular flexibility index (Phi) is 6.69. The minimum Gasteiger partial charge on any atom is -0.466 e. The fourth-order valence-corrected chi connectivity index (χ4v) is 5.06. The number of nitrogens with zero attached hydrogens (tertiary/aromatic N) is 1. The molecule has 12 nitrogen and oxygen atoms in total. The van der Waals surface area contributed by atoms with E-state index in [2.05, 4.69) is 5.32 Å². The number of non-ortho nitro benzene ring substituents is 1. The number of ether oxygens (including phenoxy) is 4. The molecule has 0 saturated carbocycles. The number of carbonyl (C=O) groups excluding carboxylic acids is 3. The largest absolute Gasteiger partial charge is 0.466 e. The summed E-state index contributed by atoms with van der Waals surface area (Å²) >= 11 is 0. The summed E-state index contributed by atoms with van der Waals surface area (Å²) < 4.78 is 21.5. The highest BCUT2D eigenvalue weighted by Gasteiger charge is 2.62. The summed E-state index contributed by atoms with van der Waals surface area (Å²) in [6, 6.07) is 5.57. The molecular weight excluding hydrogens is 476 g/mol. The van der Waals surface area contributed by atoms with Crippen molar-refractivity contribution in [3.05, 3.63) is 62.5 Å². The van der Waals surface area contributed by atoms with Gasteiger partial charge in [0.2, 0.25) is 0 Å². The summed E-state index contributed by atoms with van der Waals surface area (Å²) in [7, 11) is 1.18. The number of allylic oxidation sites excluding steroid dienone is 2. The maximum absolute atomic E-state index is 14.0. The van der Waals surface area contributed by atoms with Crippen LogP contribution in [-0.4, -0.2) is 72.0 Å². The van der Waals surface area contributed by atoms with Crippen LogP contribution in [-0.2, 0) is 33.3 Å². The van der Waals surface area contributed by atoms with Crippen LogP contribution in [0.5, 0.6) is 0 Å². The average molecular weight is 502 g/mol. The number of esters is 2. The van der Waals surface area contributed by atoms with Crippen molar-refractivity contribution in [2.24, 2.45) is 0 Å². The smallest absolute Gasteiger partial charge is 0.336 e. The molecule has 192 valence electrons. The molecule has 0 aromatic heterocycles. The molecule has 0 spiro atoms. The Morgan fingerprint density at radius 3 is 2.53 bits per heavy atom. The van der Waals surface area contributed by atoms with Gasteiger partial charge in [-0.25, -0.2) is 4.79 Å². The van der Waals surface area contributed by atoms with Gasteiger partial charge >= 0.3 is 11.9 Å². The van der Waals surface area contributed by atoms with Gasteiger partial charge in [-0.1, -0.05) is 12.1 Å². The van der Waals surface area contributed by atoms with Gasteiger partial charge in [-0.2, -0.15) is 0 Å². The van der Waals surface area contributed by atoms with Gasteiger partial charge in [0, 0.05) is 41.9 Å². The second-order valence-corrected chi connectivity index (χ2v) is 8.91. The Morgan fingerprint density at radius 1 is 1.19 bits per heavy atom. The quantitative estimate of drug-likeness (QED) is 0.324. The monoisotopic (exact) mass is 502 g/mol. The lowest BCUT2D eigenvalue weighted by Crippen LogP contribution is -2.53. The van der Waals surface area contributed by atoms with E-state index in [0.717, 1.165) is 0 Å². The van der Waals surface area contributed by atoms with Crippen LogP contribution in [0.4, 0.5) is 5.69 Å². The van der Waals surface area contributed by atoms with E-state index >= 15 is 0 Å². The summed E-state index contributed by atoms with van der Waals surface area (Å²) in [4.78, 5) is 49.2. The molecule has 5 atom stereocenters. The molecule has 3 heterocycles. The Labute approximate surface area is 206 Å². The van der Waals surface area contributed by atoms with Crippen molar-refractivity contribution in [3.63, 3.8) is 0 Å². The molecule has 2 N–H and O–H groups in total. The number of hydrogen-bond acceptors (Lipinski definition) is 11. The molecule has 12 heteroatoms. The second kappa shape index (κ2) is 9.45. The van der Waals surface area contributed by atoms with Crippen LogP contribution in [0.2, 0.25) is 0 Å². The van der Waals surface area contributed by atoms with E-state index < -0.39 is 59.1 Å². The minimum absolute atomic E-state index is 0.00721. The van der Waals surface area contributed by atoms with Crippen LogP contribution in [0, 0.1) is 10.1 Å². The molecule has 0 radical (unpaired) electrons. The number of nitro benzene ring substituents is 1. The number of Topliss-reactive ketones (excluding diaryl/α,β-unsaturated/α-hetero) is 1. The zero-order valence-corrected chi connectivity index (χ0v) is 20.1. The number of nitro groups is 1. The van der Waals surface area contributed by atoms with Crippen molar-refractivity contribution < 1.29 is 43.4 Å². The highest BCUT2D eigenvalue weighted by molar-refractivity contribution is 6.08. The molecule has 2 saturated heterocycles. The summed E-state index contributed by atoms with van der Waals surface area (Å²) in [5.41, 5.74) is -1.30. The molecule has 4 rings (SSSR count). The van der Waals surface area contributed by atoms with Crippen molar-refractivity contribution in [1.29, 1.82) is 0 Å². The number of ketones is 1. The first-order chi connectivity index (χ1) is 17.0.